The molecule has 1 aromatic carbocycles. The van der Waals surface area contributed by atoms with Crippen molar-refractivity contribution in [2.75, 3.05) is 18.0 Å². The number of rotatable bonds is 5. The Kier molecular flexibility index (Phi) is 5.78. The quantitative estimate of drug-likeness (QED) is 0.634. The molecule has 7 heteroatoms. The Morgan fingerprint density at radius 2 is 1.92 bits per heavy atom. The van der Waals surface area contributed by atoms with Crippen molar-refractivity contribution in [1.29, 1.82) is 0 Å². The lowest BCUT2D eigenvalue weighted by molar-refractivity contribution is -0.384. The van der Waals surface area contributed by atoms with Gasteiger partial charge in [-0.2, -0.15) is 0 Å². The van der Waals surface area contributed by atoms with Gasteiger partial charge >= 0.3 is 0 Å². The van der Waals surface area contributed by atoms with Crippen LogP contribution >= 0.6 is 11.6 Å². The van der Waals surface area contributed by atoms with Gasteiger partial charge in [-0.25, -0.2) is 0 Å². The number of hydrogen-bond acceptors (Lipinski definition) is 4. The van der Waals surface area contributed by atoms with Crippen molar-refractivity contribution in [2.24, 2.45) is 5.92 Å². The van der Waals surface area contributed by atoms with Crippen molar-refractivity contribution < 1.29 is 9.72 Å². The van der Waals surface area contributed by atoms with Crippen LogP contribution in [0.1, 0.15) is 44.9 Å². The highest BCUT2D eigenvalue weighted by Gasteiger charge is 2.24. The summed E-state index contributed by atoms with van der Waals surface area (Å²) < 4.78 is 0. The fraction of sp³-hybridized carbons (Fsp3) is 0.611. The number of nitro benzene ring substituents is 1. The van der Waals surface area contributed by atoms with Gasteiger partial charge in [-0.05, 0) is 37.7 Å². The standard InChI is InChI=1S/C18H24ClN3O3/c19-16-12-15(22(24)25)5-6-17(16)21-9-7-14(8-10-21)20-18(23)11-13-3-1-2-4-13/h5-6,12-14H,1-4,7-11H2,(H,20,23). The first-order valence-corrected chi connectivity index (χ1v) is 9.39. The average Bonchev–Trinajstić information content (AvgIpc) is 3.08. The van der Waals surface area contributed by atoms with Crippen molar-refractivity contribution >= 4 is 28.9 Å². The molecule has 1 aromatic rings. The highest BCUT2D eigenvalue weighted by molar-refractivity contribution is 6.33. The van der Waals surface area contributed by atoms with Crippen LogP contribution in [0.5, 0.6) is 0 Å². The minimum Gasteiger partial charge on any atom is -0.370 e. The number of hydrogen-bond donors (Lipinski definition) is 1. The molecule has 1 aliphatic heterocycles. The third kappa shape index (κ3) is 4.63. The van der Waals surface area contributed by atoms with E-state index in [4.69, 9.17) is 11.6 Å². The fourth-order valence-electron chi connectivity index (χ4n) is 3.89. The highest BCUT2D eigenvalue weighted by atomic mass is 35.5. The average molecular weight is 366 g/mol. The molecule has 0 radical (unpaired) electrons. The molecule has 2 aliphatic rings. The number of carbonyl (C=O) groups is 1. The topological polar surface area (TPSA) is 75.5 Å². The smallest absolute Gasteiger partial charge is 0.271 e. The van der Waals surface area contributed by atoms with Gasteiger partial charge < -0.3 is 10.2 Å². The molecule has 136 valence electrons. The molecule has 25 heavy (non-hydrogen) atoms. The van der Waals surface area contributed by atoms with Gasteiger partial charge in [0.15, 0.2) is 0 Å². The molecule has 1 saturated carbocycles. The molecule has 6 nitrogen and oxygen atoms in total. The van der Waals surface area contributed by atoms with E-state index >= 15 is 0 Å². The second kappa shape index (κ2) is 8.04. The van der Waals surface area contributed by atoms with E-state index in [1.54, 1.807) is 6.07 Å². The summed E-state index contributed by atoms with van der Waals surface area (Å²) in [6.45, 7) is 1.57. The molecule has 1 N–H and O–H groups in total. The third-order valence-electron chi connectivity index (χ3n) is 5.29. The highest BCUT2D eigenvalue weighted by Crippen LogP contribution is 2.32. The number of halogens is 1. The molecule has 0 atom stereocenters. The summed E-state index contributed by atoms with van der Waals surface area (Å²) in [5.74, 6) is 0.748. The number of piperidine rings is 1. The molecular weight excluding hydrogens is 342 g/mol. The molecule has 1 aliphatic carbocycles. The Morgan fingerprint density at radius 3 is 2.52 bits per heavy atom. The van der Waals surface area contributed by atoms with Crippen LogP contribution in [0.25, 0.3) is 0 Å². The van der Waals surface area contributed by atoms with E-state index in [1.807, 2.05) is 0 Å². The molecule has 2 fully saturated rings. The second-order valence-corrected chi connectivity index (χ2v) is 7.48. The second-order valence-electron chi connectivity index (χ2n) is 7.08. The Hall–Kier alpha value is -1.82. The van der Waals surface area contributed by atoms with Crippen LogP contribution in [0.15, 0.2) is 18.2 Å². The molecule has 0 spiro atoms. The summed E-state index contributed by atoms with van der Waals surface area (Å²) in [4.78, 5) is 24.7. The molecule has 1 saturated heterocycles. The van der Waals surface area contributed by atoms with E-state index < -0.39 is 4.92 Å². The minimum absolute atomic E-state index is 0.00260. The van der Waals surface area contributed by atoms with Gasteiger partial charge in [-0.3, -0.25) is 14.9 Å². The van der Waals surface area contributed by atoms with Crippen molar-refractivity contribution in [2.45, 2.75) is 51.0 Å². The SMILES string of the molecule is O=C(CC1CCCC1)NC1CCN(c2ccc([N+](=O)[O-])cc2Cl)CC1. The Bertz CT molecular complexity index is 638. The molecule has 0 bridgehead atoms. The summed E-state index contributed by atoms with van der Waals surface area (Å²) >= 11 is 6.21. The van der Waals surface area contributed by atoms with E-state index in [1.165, 1.54) is 37.8 Å². The van der Waals surface area contributed by atoms with Crippen LogP contribution in [-0.4, -0.2) is 30.0 Å². The van der Waals surface area contributed by atoms with Gasteiger partial charge in [0.1, 0.15) is 0 Å². The van der Waals surface area contributed by atoms with E-state index in [9.17, 15) is 14.9 Å². The van der Waals surface area contributed by atoms with Gasteiger partial charge in [0.25, 0.3) is 5.69 Å². The van der Waals surface area contributed by atoms with Crippen LogP contribution in [0.3, 0.4) is 0 Å². The van der Waals surface area contributed by atoms with Crippen LogP contribution in [0.4, 0.5) is 11.4 Å². The van der Waals surface area contributed by atoms with E-state index in [0.29, 0.717) is 17.4 Å². The van der Waals surface area contributed by atoms with Crippen molar-refractivity contribution in [3.05, 3.63) is 33.3 Å². The predicted octanol–water partition coefficient (Wildman–Crippen LogP) is 3.91. The number of nitrogens with zero attached hydrogens (tertiary/aromatic N) is 2. The number of amides is 1. The van der Waals surface area contributed by atoms with Crippen LogP contribution in [0, 0.1) is 16.0 Å². The fourth-order valence-corrected chi connectivity index (χ4v) is 4.19. The van der Waals surface area contributed by atoms with Gasteiger partial charge in [0, 0.05) is 37.7 Å². The maximum Gasteiger partial charge on any atom is 0.271 e. The molecule has 1 heterocycles. The zero-order valence-corrected chi connectivity index (χ0v) is 15.0. The number of benzene rings is 1. The lowest BCUT2D eigenvalue weighted by Gasteiger charge is -2.34. The summed E-state index contributed by atoms with van der Waals surface area (Å²) in [5.41, 5.74) is 0.825. The van der Waals surface area contributed by atoms with Gasteiger partial charge in [0.2, 0.25) is 5.91 Å². The van der Waals surface area contributed by atoms with Gasteiger partial charge in [-0.1, -0.05) is 24.4 Å². The Labute approximate surface area is 152 Å². The van der Waals surface area contributed by atoms with Crippen molar-refractivity contribution in [1.82, 2.24) is 5.32 Å². The monoisotopic (exact) mass is 365 g/mol. The lowest BCUT2D eigenvalue weighted by Crippen LogP contribution is -2.45. The number of carbonyl (C=O) groups excluding carboxylic acids is 1. The first-order valence-electron chi connectivity index (χ1n) is 9.01. The first kappa shape index (κ1) is 18.0. The predicted molar refractivity (Wildman–Crippen MR) is 98.1 cm³/mol. The zero-order chi connectivity index (χ0) is 17.8. The molecule has 1 amide bonds. The van der Waals surface area contributed by atoms with Crippen LogP contribution in [0.2, 0.25) is 5.02 Å². The number of nitrogens with one attached hydrogen (secondary N) is 1. The summed E-state index contributed by atoms with van der Waals surface area (Å²) in [6.07, 6.45) is 7.27. The maximum atomic E-state index is 12.2. The number of nitro groups is 1. The van der Waals surface area contributed by atoms with E-state index in [0.717, 1.165) is 31.6 Å². The van der Waals surface area contributed by atoms with Gasteiger partial charge in [-0.15, -0.1) is 0 Å². The maximum absolute atomic E-state index is 12.2. The molecular formula is C18H24ClN3O3. The zero-order valence-electron chi connectivity index (χ0n) is 14.2. The van der Waals surface area contributed by atoms with Crippen LogP contribution in [-0.2, 0) is 4.79 Å². The first-order chi connectivity index (χ1) is 12.0. The summed E-state index contributed by atoms with van der Waals surface area (Å²) in [5, 5.41) is 14.4. The number of non-ortho nitro benzene ring substituents is 1. The normalized spacial score (nSPS) is 19.2. The molecule has 0 unspecified atom stereocenters. The molecule has 3 rings (SSSR count). The third-order valence-corrected chi connectivity index (χ3v) is 5.59. The Morgan fingerprint density at radius 1 is 1.24 bits per heavy atom. The Balaban J connectivity index is 1.50. The van der Waals surface area contributed by atoms with Crippen molar-refractivity contribution in [3.63, 3.8) is 0 Å². The number of anilines is 1. The summed E-state index contributed by atoms with van der Waals surface area (Å²) in [7, 11) is 0. The lowest BCUT2D eigenvalue weighted by atomic mass is 10.0. The minimum atomic E-state index is -0.443. The summed E-state index contributed by atoms with van der Waals surface area (Å²) in [6, 6.07) is 4.80. The molecule has 0 aromatic heterocycles. The van der Waals surface area contributed by atoms with Gasteiger partial charge in [0.05, 0.1) is 15.6 Å². The van der Waals surface area contributed by atoms with E-state index in [-0.39, 0.29) is 17.6 Å². The van der Waals surface area contributed by atoms with E-state index in [2.05, 4.69) is 10.2 Å². The van der Waals surface area contributed by atoms with Crippen molar-refractivity contribution in [3.8, 4) is 0 Å². The van der Waals surface area contributed by atoms with Crippen LogP contribution < -0.4 is 10.2 Å². The largest absolute Gasteiger partial charge is 0.370 e.